The van der Waals surface area contributed by atoms with Gasteiger partial charge in [-0.1, -0.05) is 36.8 Å². The van der Waals surface area contributed by atoms with Crippen LogP contribution in [0.3, 0.4) is 0 Å². The molecule has 1 N–H and O–H groups in total. The Labute approximate surface area is 138 Å². The predicted octanol–water partition coefficient (Wildman–Crippen LogP) is 1.75. The molecule has 0 heterocycles. The summed E-state index contributed by atoms with van der Waals surface area (Å²) in [6, 6.07) is 9.59. The molecule has 0 aliphatic heterocycles. The number of carbonyl (C=O) groups is 1. The summed E-state index contributed by atoms with van der Waals surface area (Å²) in [4.78, 5) is 12.3. The van der Waals surface area contributed by atoms with Crippen molar-refractivity contribution in [3.05, 3.63) is 35.9 Å². The van der Waals surface area contributed by atoms with Crippen LogP contribution in [-0.2, 0) is 21.4 Å². The number of carbonyl (C=O) groups excluding carboxylic acids is 1. The maximum atomic E-state index is 12.3. The van der Waals surface area contributed by atoms with E-state index in [0.29, 0.717) is 5.92 Å². The zero-order valence-electron chi connectivity index (χ0n) is 13.4. The van der Waals surface area contributed by atoms with Crippen molar-refractivity contribution in [1.29, 1.82) is 0 Å². The SMILES string of the molecule is CS(=O)(=O)N(CC(=O)N[C@H]1C[C@H]2CC[C@H]1C2)Cc1ccccc1. The van der Waals surface area contributed by atoms with Gasteiger partial charge in [0.2, 0.25) is 15.9 Å². The standard InChI is InChI=1S/C17H24N2O3S/c1-23(21,22)19(11-13-5-3-2-4-6-13)12-17(20)18-16-10-14-7-8-15(16)9-14/h2-6,14-16H,7-12H2,1H3,(H,18,20)/t14-,15-,16-/m0/s1. The third-order valence-electron chi connectivity index (χ3n) is 5.08. The minimum atomic E-state index is -3.43. The van der Waals surface area contributed by atoms with Gasteiger partial charge in [0.05, 0.1) is 12.8 Å². The minimum Gasteiger partial charge on any atom is -0.352 e. The molecule has 2 bridgehead atoms. The molecule has 0 saturated heterocycles. The molecule has 2 aliphatic carbocycles. The lowest BCUT2D eigenvalue weighted by atomic mass is 9.95. The molecule has 3 atom stereocenters. The lowest BCUT2D eigenvalue weighted by Gasteiger charge is -2.25. The number of hydrogen-bond acceptors (Lipinski definition) is 3. The third kappa shape index (κ3) is 4.12. The highest BCUT2D eigenvalue weighted by Gasteiger charge is 2.40. The molecule has 0 spiro atoms. The first-order valence-corrected chi connectivity index (χ1v) is 10.0. The van der Waals surface area contributed by atoms with E-state index in [4.69, 9.17) is 0 Å². The molecule has 2 saturated carbocycles. The van der Waals surface area contributed by atoms with E-state index < -0.39 is 10.0 Å². The van der Waals surface area contributed by atoms with Gasteiger partial charge in [0.15, 0.2) is 0 Å². The van der Waals surface area contributed by atoms with Crippen molar-refractivity contribution >= 4 is 15.9 Å². The first kappa shape index (κ1) is 16.5. The molecule has 0 unspecified atom stereocenters. The van der Waals surface area contributed by atoms with Crippen LogP contribution in [0.15, 0.2) is 30.3 Å². The second kappa shape index (κ2) is 6.61. The third-order valence-corrected chi connectivity index (χ3v) is 6.27. The van der Waals surface area contributed by atoms with E-state index in [1.165, 1.54) is 23.6 Å². The first-order chi connectivity index (χ1) is 10.9. The predicted molar refractivity (Wildman–Crippen MR) is 89.1 cm³/mol. The molecular weight excluding hydrogens is 312 g/mol. The molecule has 1 aromatic rings. The van der Waals surface area contributed by atoms with Crippen LogP contribution >= 0.6 is 0 Å². The van der Waals surface area contributed by atoms with Crippen molar-refractivity contribution < 1.29 is 13.2 Å². The summed E-state index contributed by atoms with van der Waals surface area (Å²) < 4.78 is 25.2. The average Bonchev–Trinajstić information content (AvgIpc) is 3.09. The molecule has 0 radical (unpaired) electrons. The number of nitrogens with one attached hydrogen (secondary N) is 1. The quantitative estimate of drug-likeness (QED) is 0.861. The van der Waals surface area contributed by atoms with Gasteiger partial charge in [0.1, 0.15) is 0 Å². The summed E-state index contributed by atoms with van der Waals surface area (Å²) in [6.45, 7) is 0.116. The zero-order valence-corrected chi connectivity index (χ0v) is 14.3. The van der Waals surface area contributed by atoms with E-state index >= 15 is 0 Å². The lowest BCUT2D eigenvalue weighted by molar-refractivity contribution is -0.122. The molecule has 2 aliphatic rings. The Bertz CT molecular complexity index is 660. The maximum Gasteiger partial charge on any atom is 0.235 e. The fourth-order valence-electron chi connectivity index (χ4n) is 3.91. The first-order valence-electron chi connectivity index (χ1n) is 8.20. The Hall–Kier alpha value is -1.40. The Morgan fingerprint density at radius 1 is 1.22 bits per heavy atom. The number of benzene rings is 1. The van der Waals surface area contributed by atoms with Crippen molar-refractivity contribution in [3.63, 3.8) is 0 Å². The molecule has 3 rings (SSSR count). The van der Waals surface area contributed by atoms with E-state index in [1.807, 2.05) is 30.3 Å². The minimum absolute atomic E-state index is 0.110. The normalized spacial score (nSPS) is 26.6. The van der Waals surface area contributed by atoms with Crippen LogP contribution in [0.25, 0.3) is 0 Å². The molecular formula is C17H24N2O3S. The summed E-state index contributed by atoms with van der Waals surface area (Å²) in [6.07, 6.45) is 5.88. The van der Waals surface area contributed by atoms with Crippen molar-refractivity contribution in [1.82, 2.24) is 9.62 Å². The summed E-state index contributed by atoms with van der Waals surface area (Å²) in [7, 11) is -3.43. The topological polar surface area (TPSA) is 66.5 Å². The van der Waals surface area contributed by atoms with E-state index in [0.717, 1.165) is 24.2 Å². The monoisotopic (exact) mass is 336 g/mol. The Morgan fingerprint density at radius 2 is 1.96 bits per heavy atom. The summed E-state index contributed by atoms with van der Waals surface area (Å²) in [5.41, 5.74) is 0.880. The van der Waals surface area contributed by atoms with Gasteiger partial charge < -0.3 is 5.32 Å². The molecule has 5 nitrogen and oxygen atoms in total. The fourth-order valence-corrected chi connectivity index (χ4v) is 4.65. The van der Waals surface area contributed by atoms with Crippen LogP contribution in [-0.4, -0.2) is 37.5 Å². The smallest absolute Gasteiger partial charge is 0.235 e. The molecule has 0 aromatic heterocycles. The fraction of sp³-hybridized carbons (Fsp3) is 0.588. The van der Waals surface area contributed by atoms with Crippen molar-refractivity contribution in [2.75, 3.05) is 12.8 Å². The van der Waals surface area contributed by atoms with Gasteiger partial charge >= 0.3 is 0 Å². The lowest BCUT2D eigenvalue weighted by Crippen LogP contribution is -2.45. The van der Waals surface area contributed by atoms with Crippen molar-refractivity contribution in [2.24, 2.45) is 11.8 Å². The maximum absolute atomic E-state index is 12.3. The van der Waals surface area contributed by atoms with Crippen LogP contribution in [0.5, 0.6) is 0 Å². The van der Waals surface area contributed by atoms with Gasteiger partial charge in [-0.25, -0.2) is 8.42 Å². The average molecular weight is 336 g/mol. The van der Waals surface area contributed by atoms with Crippen LogP contribution in [0, 0.1) is 11.8 Å². The Morgan fingerprint density at radius 3 is 2.52 bits per heavy atom. The highest BCUT2D eigenvalue weighted by Crippen LogP contribution is 2.44. The van der Waals surface area contributed by atoms with Crippen LogP contribution in [0.4, 0.5) is 0 Å². The largest absolute Gasteiger partial charge is 0.352 e. The molecule has 1 amide bonds. The van der Waals surface area contributed by atoms with Gasteiger partial charge in [-0.2, -0.15) is 4.31 Å². The molecule has 1 aromatic carbocycles. The highest BCUT2D eigenvalue weighted by molar-refractivity contribution is 7.88. The number of fused-ring (bicyclic) bond motifs is 2. The number of sulfonamides is 1. The number of rotatable bonds is 6. The van der Waals surface area contributed by atoms with Crippen LogP contribution in [0.2, 0.25) is 0 Å². The van der Waals surface area contributed by atoms with E-state index in [2.05, 4.69) is 5.32 Å². The van der Waals surface area contributed by atoms with E-state index in [1.54, 1.807) is 0 Å². The molecule has 23 heavy (non-hydrogen) atoms. The highest BCUT2D eigenvalue weighted by atomic mass is 32.2. The van der Waals surface area contributed by atoms with E-state index in [9.17, 15) is 13.2 Å². The number of amides is 1. The van der Waals surface area contributed by atoms with Crippen LogP contribution in [0.1, 0.15) is 31.2 Å². The van der Waals surface area contributed by atoms with Gasteiger partial charge in [-0.15, -0.1) is 0 Å². The Kier molecular flexibility index (Phi) is 4.73. The summed E-state index contributed by atoms with van der Waals surface area (Å²) in [5, 5.41) is 3.05. The van der Waals surface area contributed by atoms with Crippen LogP contribution < -0.4 is 5.32 Å². The van der Waals surface area contributed by atoms with E-state index in [-0.39, 0.29) is 25.0 Å². The number of hydrogen-bond donors (Lipinski definition) is 1. The number of nitrogens with zero attached hydrogens (tertiary/aromatic N) is 1. The zero-order chi connectivity index (χ0) is 16.4. The molecule has 126 valence electrons. The van der Waals surface area contributed by atoms with Gasteiger partial charge in [-0.3, -0.25) is 4.79 Å². The molecule has 2 fully saturated rings. The summed E-state index contributed by atoms with van der Waals surface area (Å²) >= 11 is 0. The molecule has 6 heteroatoms. The van der Waals surface area contributed by atoms with Gasteiger partial charge in [0, 0.05) is 12.6 Å². The second-order valence-electron chi connectivity index (χ2n) is 6.87. The van der Waals surface area contributed by atoms with Gasteiger partial charge in [-0.05, 0) is 36.7 Å². The van der Waals surface area contributed by atoms with Gasteiger partial charge in [0.25, 0.3) is 0 Å². The van der Waals surface area contributed by atoms with Crippen molar-refractivity contribution in [3.8, 4) is 0 Å². The summed E-state index contributed by atoms with van der Waals surface area (Å²) in [5.74, 6) is 1.15. The second-order valence-corrected chi connectivity index (χ2v) is 8.85. The van der Waals surface area contributed by atoms with Crippen molar-refractivity contribution in [2.45, 2.75) is 38.3 Å². The Balaban J connectivity index is 1.61.